The van der Waals surface area contributed by atoms with E-state index in [1.165, 1.54) is 4.31 Å². The van der Waals surface area contributed by atoms with Crippen LogP contribution in [0.5, 0.6) is 0 Å². The summed E-state index contributed by atoms with van der Waals surface area (Å²) in [6, 6.07) is 13.7. The van der Waals surface area contributed by atoms with E-state index in [9.17, 15) is 13.2 Å². The van der Waals surface area contributed by atoms with Crippen LogP contribution in [0.2, 0.25) is 0 Å². The third-order valence-corrected chi connectivity index (χ3v) is 6.58. The van der Waals surface area contributed by atoms with Crippen LogP contribution in [-0.2, 0) is 14.8 Å². The maximum absolute atomic E-state index is 12.9. The van der Waals surface area contributed by atoms with E-state index < -0.39 is 16.1 Å². The van der Waals surface area contributed by atoms with Crippen molar-refractivity contribution < 1.29 is 13.2 Å². The highest BCUT2D eigenvalue weighted by atomic mass is 79.9. The molecule has 0 saturated carbocycles. The van der Waals surface area contributed by atoms with E-state index in [1.807, 2.05) is 31.2 Å². The van der Waals surface area contributed by atoms with Gasteiger partial charge in [-0.2, -0.15) is 4.31 Å². The quantitative estimate of drug-likeness (QED) is 0.801. The SMILES string of the molecule is Cc1ccc(S(=O)(=O)N2CC(=O)CC2c2ccccc2Br)cc1. The summed E-state index contributed by atoms with van der Waals surface area (Å²) < 4.78 is 28.0. The lowest BCUT2D eigenvalue weighted by Gasteiger charge is -2.24. The number of halogens is 1. The van der Waals surface area contributed by atoms with E-state index in [4.69, 9.17) is 0 Å². The second-order valence-corrected chi connectivity index (χ2v) is 8.39. The number of rotatable bonds is 3. The summed E-state index contributed by atoms with van der Waals surface area (Å²) in [6.07, 6.45) is 0.202. The third-order valence-electron chi connectivity index (χ3n) is 3.99. The van der Waals surface area contributed by atoms with Crippen molar-refractivity contribution in [3.05, 3.63) is 64.1 Å². The van der Waals surface area contributed by atoms with E-state index >= 15 is 0 Å². The zero-order valence-electron chi connectivity index (χ0n) is 12.6. The van der Waals surface area contributed by atoms with Gasteiger partial charge in [0, 0.05) is 10.9 Å². The Labute approximate surface area is 144 Å². The number of hydrogen-bond donors (Lipinski definition) is 0. The average Bonchev–Trinajstić information content (AvgIpc) is 2.91. The van der Waals surface area contributed by atoms with Crippen LogP contribution >= 0.6 is 15.9 Å². The zero-order valence-corrected chi connectivity index (χ0v) is 15.0. The van der Waals surface area contributed by atoms with Gasteiger partial charge >= 0.3 is 0 Å². The topological polar surface area (TPSA) is 54.5 Å². The highest BCUT2D eigenvalue weighted by Gasteiger charge is 2.40. The summed E-state index contributed by atoms with van der Waals surface area (Å²) in [4.78, 5) is 12.2. The van der Waals surface area contributed by atoms with E-state index in [1.54, 1.807) is 24.3 Å². The first-order chi connectivity index (χ1) is 10.9. The van der Waals surface area contributed by atoms with E-state index in [-0.39, 0.29) is 23.6 Å². The van der Waals surface area contributed by atoms with Gasteiger partial charge in [0.2, 0.25) is 10.0 Å². The lowest BCUT2D eigenvalue weighted by atomic mass is 10.1. The van der Waals surface area contributed by atoms with Crippen LogP contribution in [0.25, 0.3) is 0 Å². The Kier molecular flexibility index (Phi) is 4.40. The Morgan fingerprint density at radius 1 is 1.09 bits per heavy atom. The summed E-state index contributed by atoms with van der Waals surface area (Å²) in [6.45, 7) is 1.82. The van der Waals surface area contributed by atoms with Crippen LogP contribution in [0.4, 0.5) is 0 Å². The van der Waals surface area contributed by atoms with Gasteiger partial charge in [-0.15, -0.1) is 0 Å². The fourth-order valence-electron chi connectivity index (χ4n) is 2.77. The van der Waals surface area contributed by atoms with Crippen molar-refractivity contribution in [2.45, 2.75) is 24.3 Å². The molecule has 2 aromatic rings. The van der Waals surface area contributed by atoms with Crippen LogP contribution in [-0.4, -0.2) is 25.1 Å². The first kappa shape index (κ1) is 16.4. The van der Waals surface area contributed by atoms with Gasteiger partial charge < -0.3 is 0 Å². The van der Waals surface area contributed by atoms with Crippen molar-refractivity contribution in [3.8, 4) is 0 Å². The van der Waals surface area contributed by atoms with Gasteiger partial charge in [0.05, 0.1) is 17.5 Å². The van der Waals surface area contributed by atoms with Crippen molar-refractivity contribution in [2.24, 2.45) is 0 Å². The summed E-state index contributed by atoms with van der Waals surface area (Å²) in [5, 5.41) is 0. The molecule has 23 heavy (non-hydrogen) atoms. The first-order valence-electron chi connectivity index (χ1n) is 7.24. The molecule has 4 nitrogen and oxygen atoms in total. The number of carbonyl (C=O) groups excluding carboxylic acids is 1. The Morgan fingerprint density at radius 2 is 1.74 bits per heavy atom. The predicted molar refractivity (Wildman–Crippen MR) is 91.6 cm³/mol. The predicted octanol–water partition coefficient (Wildman–Crippen LogP) is 3.46. The maximum atomic E-state index is 12.9. The third kappa shape index (κ3) is 3.11. The molecule has 1 atom stereocenters. The minimum Gasteiger partial charge on any atom is -0.298 e. The first-order valence-corrected chi connectivity index (χ1v) is 9.47. The molecule has 1 aliphatic heterocycles. The molecule has 0 aromatic heterocycles. The van der Waals surface area contributed by atoms with Crippen LogP contribution in [0.3, 0.4) is 0 Å². The molecule has 6 heteroatoms. The number of nitrogens with zero attached hydrogens (tertiary/aromatic N) is 1. The average molecular weight is 394 g/mol. The number of carbonyl (C=O) groups is 1. The standard InChI is InChI=1S/C17H16BrNO3S/c1-12-6-8-14(9-7-12)23(21,22)19-11-13(20)10-17(19)15-4-2-3-5-16(15)18/h2-9,17H,10-11H2,1H3. The Bertz CT molecular complexity index is 846. The van der Waals surface area contributed by atoms with Crippen LogP contribution in [0, 0.1) is 6.92 Å². The molecule has 0 amide bonds. The zero-order chi connectivity index (χ0) is 16.6. The fourth-order valence-corrected chi connectivity index (χ4v) is 4.91. The summed E-state index contributed by atoms with van der Waals surface area (Å²) in [5.41, 5.74) is 1.80. The van der Waals surface area contributed by atoms with Crippen molar-refractivity contribution in [2.75, 3.05) is 6.54 Å². The molecule has 0 N–H and O–H groups in total. The van der Waals surface area contributed by atoms with Crippen molar-refractivity contribution in [3.63, 3.8) is 0 Å². The number of Topliss-reactive ketones (excluding diaryl/α,β-unsaturated/α-hetero) is 1. The molecule has 3 rings (SSSR count). The number of ketones is 1. The molecule has 1 unspecified atom stereocenters. The largest absolute Gasteiger partial charge is 0.298 e. The second kappa shape index (κ2) is 6.19. The van der Waals surface area contributed by atoms with Crippen molar-refractivity contribution in [1.82, 2.24) is 4.31 Å². The summed E-state index contributed by atoms with van der Waals surface area (Å²) in [7, 11) is -3.71. The van der Waals surface area contributed by atoms with E-state index in [0.717, 1.165) is 15.6 Å². The van der Waals surface area contributed by atoms with Crippen LogP contribution in [0.1, 0.15) is 23.6 Å². The van der Waals surface area contributed by atoms with Gasteiger partial charge in [-0.1, -0.05) is 51.8 Å². The lowest BCUT2D eigenvalue weighted by molar-refractivity contribution is -0.116. The molecule has 120 valence electrons. The highest BCUT2D eigenvalue weighted by Crippen LogP contribution is 2.38. The van der Waals surface area contributed by atoms with E-state index in [2.05, 4.69) is 15.9 Å². The normalized spacial score (nSPS) is 19.2. The Morgan fingerprint density at radius 3 is 2.39 bits per heavy atom. The molecular weight excluding hydrogens is 378 g/mol. The minimum absolute atomic E-state index is 0.0681. The molecule has 1 saturated heterocycles. The second-order valence-electron chi connectivity index (χ2n) is 5.64. The van der Waals surface area contributed by atoms with Gasteiger partial charge in [0.15, 0.2) is 0 Å². The number of sulfonamides is 1. The van der Waals surface area contributed by atoms with Gasteiger partial charge in [-0.3, -0.25) is 4.79 Å². The number of benzene rings is 2. The maximum Gasteiger partial charge on any atom is 0.244 e. The van der Waals surface area contributed by atoms with Gasteiger partial charge in [0.25, 0.3) is 0 Å². The van der Waals surface area contributed by atoms with Crippen LogP contribution < -0.4 is 0 Å². The van der Waals surface area contributed by atoms with Crippen molar-refractivity contribution in [1.29, 1.82) is 0 Å². The molecule has 0 spiro atoms. The molecule has 0 aliphatic carbocycles. The van der Waals surface area contributed by atoms with Crippen LogP contribution in [0.15, 0.2) is 57.9 Å². The lowest BCUT2D eigenvalue weighted by Crippen LogP contribution is -2.31. The van der Waals surface area contributed by atoms with E-state index in [0.29, 0.717) is 0 Å². The molecule has 1 aliphatic rings. The molecule has 0 bridgehead atoms. The highest BCUT2D eigenvalue weighted by molar-refractivity contribution is 9.10. The van der Waals surface area contributed by atoms with Gasteiger partial charge in [-0.25, -0.2) is 8.42 Å². The summed E-state index contributed by atoms with van der Waals surface area (Å²) >= 11 is 3.45. The molecule has 1 heterocycles. The summed E-state index contributed by atoms with van der Waals surface area (Å²) in [5.74, 6) is -0.0681. The molecular formula is C17H16BrNO3S. The molecule has 2 aromatic carbocycles. The Hall–Kier alpha value is -1.50. The van der Waals surface area contributed by atoms with Gasteiger partial charge in [0.1, 0.15) is 5.78 Å². The molecule has 1 fully saturated rings. The Balaban J connectivity index is 2.04. The monoisotopic (exact) mass is 393 g/mol. The minimum atomic E-state index is -3.71. The van der Waals surface area contributed by atoms with Gasteiger partial charge in [-0.05, 0) is 30.7 Å². The van der Waals surface area contributed by atoms with Crippen molar-refractivity contribution >= 4 is 31.7 Å². The smallest absolute Gasteiger partial charge is 0.244 e. The number of hydrogen-bond acceptors (Lipinski definition) is 3. The molecule has 0 radical (unpaired) electrons. The fraction of sp³-hybridized carbons (Fsp3) is 0.235. The number of aryl methyl sites for hydroxylation is 1.